The third kappa shape index (κ3) is 3.13. The highest BCUT2D eigenvalue weighted by Gasteiger charge is 2.54. The first kappa shape index (κ1) is 16.4. The van der Waals surface area contributed by atoms with Crippen LogP contribution in [0.25, 0.3) is 0 Å². The van der Waals surface area contributed by atoms with E-state index < -0.39 is 17.8 Å². The molecule has 1 amide bonds. The van der Waals surface area contributed by atoms with Crippen molar-refractivity contribution in [3.63, 3.8) is 0 Å². The second-order valence-electron chi connectivity index (χ2n) is 7.33. The molecule has 2 fully saturated rings. The summed E-state index contributed by atoms with van der Waals surface area (Å²) in [6.45, 7) is 6.30. The Hall–Kier alpha value is -1.43. The number of carbonyl (C=O) groups is 2. The van der Waals surface area contributed by atoms with E-state index in [0.717, 1.165) is 36.3 Å². The second kappa shape index (κ2) is 6.23. The van der Waals surface area contributed by atoms with E-state index in [1.54, 1.807) is 0 Å². The summed E-state index contributed by atoms with van der Waals surface area (Å²) in [5, 5.41) is 13.0. The SMILES string of the molecule is Cc1sc(NC(=O)[C@H]2[C@@H]3CC[C@@H](C3)[C@@H]2C(=O)O)nc1CC(C)C. The normalized spacial score (nSPS) is 29.2. The van der Waals surface area contributed by atoms with E-state index in [9.17, 15) is 14.7 Å². The van der Waals surface area contributed by atoms with Gasteiger partial charge in [0.05, 0.1) is 17.5 Å². The summed E-state index contributed by atoms with van der Waals surface area (Å²) in [6.07, 6.45) is 3.69. The number of rotatable bonds is 5. The zero-order chi connectivity index (χ0) is 16.7. The van der Waals surface area contributed by atoms with Gasteiger partial charge in [-0.3, -0.25) is 9.59 Å². The van der Waals surface area contributed by atoms with E-state index in [0.29, 0.717) is 11.0 Å². The molecule has 2 saturated carbocycles. The first-order chi connectivity index (χ1) is 10.9. The van der Waals surface area contributed by atoms with Crippen LogP contribution in [0.15, 0.2) is 0 Å². The van der Waals surface area contributed by atoms with E-state index >= 15 is 0 Å². The van der Waals surface area contributed by atoms with Crippen molar-refractivity contribution >= 4 is 28.3 Å². The molecular formula is C17H24N2O3S. The Balaban J connectivity index is 1.73. The van der Waals surface area contributed by atoms with Crippen molar-refractivity contribution in [2.45, 2.75) is 46.5 Å². The number of anilines is 1. The van der Waals surface area contributed by atoms with Crippen LogP contribution in [0.5, 0.6) is 0 Å². The van der Waals surface area contributed by atoms with Crippen LogP contribution >= 0.6 is 11.3 Å². The molecule has 0 aromatic carbocycles. The first-order valence-electron chi connectivity index (χ1n) is 8.36. The lowest BCUT2D eigenvalue weighted by atomic mass is 9.79. The summed E-state index contributed by atoms with van der Waals surface area (Å²) in [5.41, 5.74) is 1.03. The van der Waals surface area contributed by atoms with Crippen LogP contribution in [0.1, 0.15) is 43.7 Å². The number of carbonyl (C=O) groups excluding carboxylic acids is 1. The highest BCUT2D eigenvalue weighted by Crippen LogP contribution is 2.52. The average molecular weight is 336 g/mol. The molecule has 2 aliphatic carbocycles. The van der Waals surface area contributed by atoms with Gasteiger partial charge in [-0.15, -0.1) is 11.3 Å². The maximum absolute atomic E-state index is 12.7. The molecule has 0 saturated heterocycles. The number of aromatic nitrogens is 1. The van der Waals surface area contributed by atoms with Crippen LogP contribution in [0.4, 0.5) is 5.13 Å². The van der Waals surface area contributed by atoms with Gasteiger partial charge < -0.3 is 10.4 Å². The number of thiazole rings is 1. The molecule has 2 bridgehead atoms. The molecule has 1 aromatic heterocycles. The van der Waals surface area contributed by atoms with Crippen molar-refractivity contribution in [2.24, 2.45) is 29.6 Å². The maximum Gasteiger partial charge on any atom is 0.307 e. The highest BCUT2D eigenvalue weighted by molar-refractivity contribution is 7.15. The molecule has 6 heteroatoms. The number of hydrogen-bond acceptors (Lipinski definition) is 4. The molecule has 4 atom stereocenters. The Morgan fingerprint density at radius 3 is 2.57 bits per heavy atom. The Kier molecular flexibility index (Phi) is 4.45. The van der Waals surface area contributed by atoms with Gasteiger partial charge in [-0.2, -0.15) is 0 Å². The lowest BCUT2D eigenvalue weighted by Gasteiger charge is -2.26. The number of aryl methyl sites for hydroxylation is 1. The predicted molar refractivity (Wildman–Crippen MR) is 89.5 cm³/mol. The van der Waals surface area contributed by atoms with Crippen molar-refractivity contribution in [3.05, 3.63) is 10.6 Å². The fourth-order valence-corrected chi connectivity index (χ4v) is 5.11. The lowest BCUT2D eigenvalue weighted by molar-refractivity contribution is -0.148. The lowest BCUT2D eigenvalue weighted by Crippen LogP contribution is -2.37. The molecule has 0 unspecified atom stereocenters. The van der Waals surface area contributed by atoms with Crippen LogP contribution in [0, 0.1) is 36.5 Å². The van der Waals surface area contributed by atoms with E-state index in [1.165, 1.54) is 11.3 Å². The fourth-order valence-electron chi connectivity index (χ4n) is 4.27. The van der Waals surface area contributed by atoms with Crippen molar-refractivity contribution in [1.29, 1.82) is 0 Å². The molecule has 5 nitrogen and oxygen atoms in total. The predicted octanol–water partition coefficient (Wildman–Crippen LogP) is 3.34. The monoisotopic (exact) mass is 336 g/mol. The minimum Gasteiger partial charge on any atom is -0.481 e. The quantitative estimate of drug-likeness (QED) is 0.864. The summed E-state index contributed by atoms with van der Waals surface area (Å²) in [7, 11) is 0. The zero-order valence-corrected chi connectivity index (χ0v) is 14.7. The Morgan fingerprint density at radius 1 is 1.30 bits per heavy atom. The summed E-state index contributed by atoms with van der Waals surface area (Å²) in [4.78, 5) is 29.9. The third-order valence-corrected chi connectivity index (χ3v) is 6.16. The number of fused-ring (bicyclic) bond motifs is 2. The number of aliphatic carboxylic acids is 1. The van der Waals surface area contributed by atoms with Crippen molar-refractivity contribution < 1.29 is 14.7 Å². The minimum atomic E-state index is -0.826. The topological polar surface area (TPSA) is 79.3 Å². The van der Waals surface area contributed by atoms with Crippen LogP contribution in [-0.2, 0) is 16.0 Å². The van der Waals surface area contributed by atoms with Crippen molar-refractivity contribution in [1.82, 2.24) is 4.98 Å². The molecule has 126 valence electrons. The summed E-state index contributed by atoms with van der Waals surface area (Å²) in [5.74, 6) is -1.00. The van der Waals surface area contributed by atoms with Gasteiger partial charge in [0.1, 0.15) is 0 Å². The molecule has 0 radical (unpaired) electrons. The Labute approximate surface area is 140 Å². The van der Waals surface area contributed by atoms with Gasteiger partial charge in [-0.1, -0.05) is 13.8 Å². The summed E-state index contributed by atoms with van der Waals surface area (Å²) >= 11 is 1.48. The highest BCUT2D eigenvalue weighted by atomic mass is 32.1. The third-order valence-electron chi connectivity index (χ3n) is 5.23. The van der Waals surface area contributed by atoms with E-state index in [-0.39, 0.29) is 17.7 Å². The number of carboxylic acid groups (broad SMARTS) is 1. The van der Waals surface area contributed by atoms with Gasteiger partial charge in [0.25, 0.3) is 0 Å². The number of carboxylic acids is 1. The smallest absolute Gasteiger partial charge is 0.307 e. The molecule has 1 heterocycles. The molecule has 23 heavy (non-hydrogen) atoms. The molecule has 1 aromatic rings. The average Bonchev–Trinajstić information content (AvgIpc) is 3.13. The van der Waals surface area contributed by atoms with Gasteiger partial charge in [0, 0.05) is 4.88 Å². The largest absolute Gasteiger partial charge is 0.481 e. The summed E-state index contributed by atoms with van der Waals surface area (Å²) in [6, 6.07) is 0. The molecule has 3 rings (SSSR count). The summed E-state index contributed by atoms with van der Waals surface area (Å²) < 4.78 is 0. The Morgan fingerprint density at radius 2 is 1.96 bits per heavy atom. The fraction of sp³-hybridized carbons (Fsp3) is 0.706. The van der Waals surface area contributed by atoms with Crippen molar-refractivity contribution in [3.8, 4) is 0 Å². The Bertz CT molecular complexity index is 625. The first-order valence-corrected chi connectivity index (χ1v) is 9.18. The van der Waals surface area contributed by atoms with Gasteiger partial charge in [0.2, 0.25) is 5.91 Å². The molecule has 2 aliphatic rings. The second-order valence-corrected chi connectivity index (χ2v) is 8.54. The number of amides is 1. The zero-order valence-electron chi connectivity index (χ0n) is 13.8. The number of nitrogens with zero attached hydrogens (tertiary/aromatic N) is 1. The molecule has 2 N–H and O–H groups in total. The van der Waals surface area contributed by atoms with Gasteiger partial charge >= 0.3 is 5.97 Å². The molecule has 0 spiro atoms. The standard InChI is InChI=1S/C17H24N2O3S/c1-8(2)6-12-9(3)23-17(18-12)19-15(20)13-10-4-5-11(7-10)14(13)16(21)22/h8,10-11,13-14H,4-7H2,1-3H3,(H,21,22)(H,18,19,20)/t10-,11+,13+,14+/m1/s1. The van der Waals surface area contributed by atoms with Gasteiger partial charge in [-0.25, -0.2) is 4.98 Å². The van der Waals surface area contributed by atoms with Crippen molar-refractivity contribution in [2.75, 3.05) is 5.32 Å². The van der Waals surface area contributed by atoms with E-state index in [1.807, 2.05) is 6.92 Å². The van der Waals surface area contributed by atoms with Gasteiger partial charge in [-0.05, 0) is 50.4 Å². The van der Waals surface area contributed by atoms with Crippen LogP contribution in [-0.4, -0.2) is 22.0 Å². The maximum atomic E-state index is 12.7. The van der Waals surface area contributed by atoms with Crippen LogP contribution in [0.3, 0.4) is 0 Å². The number of nitrogens with one attached hydrogen (secondary N) is 1. The molecular weight excluding hydrogens is 312 g/mol. The minimum absolute atomic E-state index is 0.158. The van der Waals surface area contributed by atoms with E-state index in [2.05, 4.69) is 24.1 Å². The molecule has 0 aliphatic heterocycles. The van der Waals surface area contributed by atoms with Crippen LogP contribution in [0.2, 0.25) is 0 Å². The van der Waals surface area contributed by atoms with Crippen LogP contribution < -0.4 is 5.32 Å². The van der Waals surface area contributed by atoms with E-state index in [4.69, 9.17) is 0 Å². The number of hydrogen-bond donors (Lipinski definition) is 2. The van der Waals surface area contributed by atoms with Gasteiger partial charge in [0.15, 0.2) is 5.13 Å².